The fourth-order valence-electron chi connectivity index (χ4n) is 3.25. The number of aliphatic carboxylic acids is 1. The molecular weight excluding hydrogens is 433 g/mol. The number of nitrogens with one attached hydrogen (secondary N) is 2. The molecule has 10 heteroatoms. The normalized spacial score (nSPS) is 11.5. The number of hydrogen-bond acceptors (Lipinski definition) is 5. The second-order valence-corrected chi connectivity index (χ2v) is 7.21. The van der Waals surface area contributed by atoms with Crippen molar-refractivity contribution < 1.29 is 28.9 Å². The van der Waals surface area contributed by atoms with Crippen molar-refractivity contribution in [1.82, 2.24) is 9.88 Å². The van der Waals surface area contributed by atoms with Crippen molar-refractivity contribution in [3.63, 3.8) is 0 Å². The third kappa shape index (κ3) is 5.48. The minimum Gasteiger partial charge on any atom is -0.505 e. The first-order valence-corrected chi connectivity index (χ1v) is 9.81. The number of carboxylic acids is 1. The number of hydrogen-bond donors (Lipinski definition) is 4. The number of aromatic nitrogens is 1. The van der Waals surface area contributed by atoms with Crippen molar-refractivity contribution in [2.75, 3.05) is 12.4 Å². The van der Waals surface area contributed by atoms with Gasteiger partial charge in [-0.05, 0) is 41.5 Å². The van der Waals surface area contributed by atoms with Crippen molar-refractivity contribution in [2.24, 2.45) is 7.05 Å². The van der Waals surface area contributed by atoms with Crippen LogP contribution >= 0.6 is 0 Å². The van der Waals surface area contributed by atoms with Gasteiger partial charge in [0.25, 0.3) is 5.56 Å². The summed E-state index contributed by atoms with van der Waals surface area (Å²) in [6.45, 7) is 0. The smallest absolute Gasteiger partial charge is 0.319 e. The second-order valence-electron chi connectivity index (χ2n) is 7.21. The summed E-state index contributed by atoms with van der Waals surface area (Å²) >= 11 is 0. The lowest BCUT2D eigenvalue weighted by Gasteiger charge is -2.20. The average Bonchev–Trinajstić information content (AvgIpc) is 2.79. The Labute approximate surface area is 188 Å². The average molecular weight is 455 g/mol. The Bertz CT molecular complexity index is 1260. The first kappa shape index (κ1) is 23.3. The molecule has 3 rings (SSSR count). The van der Waals surface area contributed by atoms with Gasteiger partial charge < -0.3 is 30.2 Å². The number of ether oxygens (including phenoxy) is 1. The van der Waals surface area contributed by atoms with Crippen LogP contribution in [0.25, 0.3) is 11.1 Å². The van der Waals surface area contributed by atoms with E-state index in [9.17, 15) is 29.0 Å². The Balaban J connectivity index is 1.93. The van der Waals surface area contributed by atoms with Gasteiger partial charge >= 0.3 is 12.0 Å². The van der Waals surface area contributed by atoms with Gasteiger partial charge in [0.2, 0.25) is 0 Å². The molecule has 1 heterocycles. The molecule has 0 aliphatic rings. The van der Waals surface area contributed by atoms with E-state index in [4.69, 9.17) is 4.74 Å². The molecule has 0 spiro atoms. The van der Waals surface area contributed by atoms with E-state index < -0.39 is 47.3 Å². The molecule has 172 valence electrons. The molecule has 1 atom stereocenters. The molecule has 1 unspecified atom stereocenters. The lowest BCUT2D eigenvalue weighted by atomic mass is 9.97. The van der Waals surface area contributed by atoms with Crippen LogP contribution in [0.1, 0.15) is 18.0 Å². The van der Waals surface area contributed by atoms with Crippen LogP contribution in [0, 0.1) is 5.82 Å². The van der Waals surface area contributed by atoms with Crippen LogP contribution in [0.3, 0.4) is 0 Å². The highest BCUT2D eigenvalue weighted by molar-refractivity contribution is 5.91. The first-order valence-electron chi connectivity index (χ1n) is 9.81. The highest BCUT2D eigenvalue weighted by Gasteiger charge is 2.23. The molecule has 9 nitrogen and oxygen atoms in total. The molecular formula is C23H22FN3O6. The van der Waals surface area contributed by atoms with Crippen LogP contribution < -0.4 is 20.9 Å². The molecule has 3 aromatic rings. The molecule has 0 fully saturated rings. The van der Waals surface area contributed by atoms with E-state index in [1.165, 1.54) is 44.6 Å². The first-order chi connectivity index (χ1) is 15.7. The van der Waals surface area contributed by atoms with Gasteiger partial charge in [-0.3, -0.25) is 9.59 Å². The number of carboxylic acid groups (broad SMARTS) is 1. The van der Waals surface area contributed by atoms with Gasteiger partial charge in [0.05, 0.1) is 19.6 Å². The van der Waals surface area contributed by atoms with E-state index in [2.05, 4.69) is 10.6 Å². The van der Waals surface area contributed by atoms with Crippen LogP contribution in [0.15, 0.2) is 59.5 Å². The summed E-state index contributed by atoms with van der Waals surface area (Å²) in [5, 5.41) is 23.8. The third-order valence-electron chi connectivity index (χ3n) is 4.94. The van der Waals surface area contributed by atoms with Gasteiger partial charge in [-0.1, -0.05) is 18.2 Å². The molecule has 0 aliphatic heterocycles. The molecule has 0 saturated heterocycles. The number of carbonyl (C=O) groups is 2. The molecule has 0 bridgehead atoms. The Morgan fingerprint density at radius 1 is 1.15 bits per heavy atom. The van der Waals surface area contributed by atoms with Crippen molar-refractivity contribution in [1.29, 1.82) is 0 Å². The number of anilines is 1. The van der Waals surface area contributed by atoms with Crippen LogP contribution in [0.5, 0.6) is 11.5 Å². The van der Waals surface area contributed by atoms with E-state index in [-0.39, 0.29) is 5.56 Å². The molecule has 0 saturated carbocycles. The largest absolute Gasteiger partial charge is 0.505 e. The maximum absolute atomic E-state index is 14.7. The zero-order valence-corrected chi connectivity index (χ0v) is 17.8. The number of rotatable bonds is 7. The van der Waals surface area contributed by atoms with Crippen LogP contribution in [0.2, 0.25) is 0 Å². The maximum atomic E-state index is 14.7. The number of aryl methyl sites for hydroxylation is 1. The van der Waals surface area contributed by atoms with Crippen molar-refractivity contribution in [3.05, 3.63) is 76.5 Å². The fraction of sp³-hybridized carbons (Fsp3) is 0.174. The summed E-state index contributed by atoms with van der Waals surface area (Å²) in [6, 6.07) is 10.1. The van der Waals surface area contributed by atoms with E-state index in [1.54, 1.807) is 24.3 Å². The van der Waals surface area contributed by atoms with Gasteiger partial charge in [-0.15, -0.1) is 0 Å². The van der Waals surface area contributed by atoms with E-state index in [0.717, 1.165) is 4.57 Å². The number of nitrogens with zero attached hydrogens (tertiary/aromatic N) is 1. The van der Waals surface area contributed by atoms with Crippen LogP contribution in [0.4, 0.5) is 14.9 Å². The summed E-state index contributed by atoms with van der Waals surface area (Å²) in [5.74, 6) is -1.87. The van der Waals surface area contributed by atoms with Gasteiger partial charge in [-0.25, -0.2) is 9.18 Å². The predicted octanol–water partition coefficient (Wildman–Crippen LogP) is 3.24. The van der Waals surface area contributed by atoms with Gasteiger partial charge in [0, 0.05) is 18.8 Å². The molecule has 1 aromatic heterocycles. The quantitative estimate of drug-likeness (QED) is 0.433. The zero-order chi connectivity index (χ0) is 24.1. The number of amides is 2. The highest BCUT2D eigenvalue weighted by Crippen LogP contribution is 2.29. The van der Waals surface area contributed by atoms with Gasteiger partial charge in [-0.2, -0.15) is 0 Å². The Morgan fingerprint density at radius 3 is 2.58 bits per heavy atom. The van der Waals surface area contributed by atoms with E-state index >= 15 is 0 Å². The SMILES string of the molecule is COc1cccc(-c2ccc(F)c(C(CC(=O)O)NC(=O)Nc3c(O)ccn(C)c3=O)c2)c1. The monoisotopic (exact) mass is 455 g/mol. The summed E-state index contributed by atoms with van der Waals surface area (Å²) < 4.78 is 21.0. The molecule has 0 aliphatic carbocycles. The summed E-state index contributed by atoms with van der Waals surface area (Å²) in [4.78, 5) is 36.1. The minimum absolute atomic E-state index is 0.0574. The predicted molar refractivity (Wildman–Crippen MR) is 119 cm³/mol. The number of methoxy groups -OCH3 is 1. The maximum Gasteiger partial charge on any atom is 0.319 e. The van der Waals surface area contributed by atoms with E-state index in [1.807, 2.05) is 0 Å². The Kier molecular flexibility index (Phi) is 6.97. The number of aromatic hydroxyl groups is 1. The molecule has 2 amide bonds. The number of carbonyl (C=O) groups excluding carboxylic acids is 1. The van der Waals surface area contributed by atoms with Crippen molar-refractivity contribution in [2.45, 2.75) is 12.5 Å². The molecule has 0 radical (unpaired) electrons. The van der Waals surface area contributed by atoms with Crippen molar-refractivity contribution in [3.8, 4) is 22.6 Å². The Hall–Kier alpha value is -4.34. The third-order valence-corrected chi connectivity index (χ3v) is 4.94. The Morgan fingerprint density at radius 2 is 1.88 bits per heavy atom. The summed E-state index contributed by atoms with van der Waals surface area (Å²) in [7, 11) is 2.94. The van der Waals surface area contributed by atoms with Gasteiger partial charge in [0.1, 0.15) is 17.3 Å². The second kappa shape index (κ2) is 9.86. The highest BCUT2D eigenvalue weighted by atomic mass is 19.1. The lowest BCUT2D eigenvalue weighted by Crippen LogP contribution is -2.36. The van der Waals surface area contributed by atoms with Crippen molar-refractivity contribution >= 4 is 17.7 Å². The number of benzene rings is 2. The number of urea groups is 1. The van der Waals surface area contributed by atoms with Gasteiger partial charge in [0.15, 0.2) is 5.69 Å². The number of pyridine rings is 1. The molecule has 4 N–H and O–H groups in total. The van der Waals surface area contributed by atoms with Crippen LogP contribution in [-0.4, -0.2) is 33.9 Å². The fourth-order valence-corrected chi connectivity index (χ4v) is 3.25. The zero-order valence-electron chi connectivity index (χ0n) is 17.8. The summed E-state index contributed by atoms with van der Waals surface area (Å²) in [6.07, 6.45) is 0.693. The summed E-state index contributed by atoms with van der Waals surface area (Å²) in [5.41, 5.74) is 0.158. The minimum atomic E-state index is -1.27. The molecule has 33 heavy (non-hydrogen) atoms. The number of halogens is 1. The topological polar surface area (TPSA) is 130 Å². The molecule has 2 aromatic carbocycles. The standard InChI is InChI=1S/C23H22FN3O6/c1-27-9-8-19(28)21(22(27)31)26-23(32)25-18(12-20(29)30)16-11-14(6-7-17(16)24)13-4-3-5-15(10-13)33-2/h3-11,18,28H,12H2,1-2H3,(H,29,30)(H2,25,26,32). The van der Waals surface area contributed by atoms with Crippen LogP contribution in [-0.2, 0) is 11.8 Å². The van der Waals surface area contributed by atoms with E-state index in [0.29, 0.717) is 16.9 Å². The lowest BCUT2D eigenvalue weighted by molar-refractivity contribution is -0.137.